The second kappa shape index (κ2) is 8.78. The van der Waals surface area contributed by atoms with E-state index in [1.165, 1.54) is 18.3 Å². The molecule has 0 aliphatic rings. The van der Waals surface area contributed by atoms with Crippen molar-refractivity contribution in [1.82, 2.24) is 5.43 Å². The van der Waals surface area contributed by atoms with Gasteiger partial charge in [0.25, 0.3) is 5.91 Å². The highest BCUT2D eigenvalue weighted by Crippen LogP contribution is 2.33. The molecule has 0 heterocycles. The first-order valence-electron chi connectivity index (χ1n) is 6.73. The second-order valence-corrected chi connectivity index (χ2v) is 5.78. The van der Waals surface area contributed by atoms with Gasteiger partial charge in [-0.2, -0.15) is 5.10 Å². The molecule has 2 aromatic carbocycles. The Hall–Kier alpha value is -1.95. The van der Waals surface area contributed by atoms with Gasteiger partial charge in [0.1, 0.15) is 11.5 Å². The van der Waals surface area contributed by atoms with Crippen LogP contribution in [-0.2, 0) is 4.79 Å². The highest BCUT2D eigenvalue weighted by Gasteiger charge is 2.09. The number of ether oxygens (including phenoxy) is 2. The molecule has 0 fully saturated rings. The summed E-state index contributed by atoms with van der Waals surface area (Å²) in [4.78, 5) is 11.7. The van der Waals surface area contributed by atoms with E-state index < -0.39 is 5.91 Å². The summed E-state index contributed by atoms with van der Waals surface area (Å²) < 4.78 is 10.4. The number of benzene rings is 2. The third-order valence-electron chi connectivity index (χ3n) is 2.83. The molecular weight excluding hydrogens is 375 g/mol. The van der Waals surface area contributed by atoms with E-state index >= 15 is 0 Å². The van der Waals surface area contributed by atoms with Crippen LogP contribution >= 0.6 is 34.8 Å². The Labute approximate surface area is 154 Å². The van der Waals surface area contributed by atoms with Crippen molar-refractivity contribution >= 4 is 46.9 Å². The summed E-state index contributed by atoms with van der Waals surface area (Å²) in [6.45, 7) is -0.271. The topological polar surface area (TPSA) is 59.9 Å². The smallest absolute Gasteiger partial charge is 0.277 e. The van der Waals surface area contributed by atoms with E-state index in [4.69, 9.17) is 44.3 Å². The van der Waals surface area contributed by atoms with Crippen molar-refractivity contribution in [3.8, 4) is 11.5 Å². The Morgan fingerprint density at radius 1 is 1.17 bits per heavy atom. The van der Waals surface area contributed by atoms with Crippen molar-refractivity contribution in [2.24, 2.45) is 5.10 Å². The summed E-state index contributed by atoms with van der Waals surface area (Å²) in [6, 6.07) is 10.1. The van der Waals surface area contributed by atoms with Crippen molar-refractivity contribution in [3.63, 3.8) is 0 Å². The molecule has 1 N–H and O–H groups in total. The zero-order valence-electron chi connectivity index (χ0n) is 12.6. The van der Waals surface area contributed by atoms with Crippen molar-refractivity contribution in [2.45, 2.75) is 0 Å². The first-order chi connectivity index (χ1) is 11.5. The summed E-state index contributed by atoms with van der Waals surface area (Å²) in [6.07, 6.45) is 1.49. The van der Waals surface area contributed by atoms with Crippen LogP contribution in [0.2, 0.25) is 15.1 Å². The maximum atomic E-state index is 11.7. The predicted molar refractivity (Wildman–Crippen MR) is 95.7 cm³/mol. The molecule has 0 unspecified atom stereocenters. The van der Waals surface area contributed by atoms with Gasteiger partial charge in [0.2, 0.25) is 0 Å². The van der Waals surface area contributed by atoms with E-state index in [0.29, 0.717) is 10.8 Å². The van der Waals surface area contributed by atoms with Gasteiger partial charge in [0.15, 0.2) is 6.61 Å². The van der Waals surface area contributed by atoms with Gasteiger partial charge in [-0.05, 0) is 23.8 Å². The monoisotopic (exact) mass is 386 g/mol. The van der Waals surface area contributed by atoms with E-state index in [2.05, 4.69) is 10.5 Å². The van der Waals surface area contributed by atoms with Gasteiger partial charge in [0, 0.05) is 6.07 Å². The van der Waals surface area contributed by atoms with E-state index in [1.54, 1.807) is 13.2 Å². The highest BCUT2D eigenvalue weighted by atomic mass is 35.5. The first-order valence-corrected chi connectivity index (χ1v) is 7.86. The molecule has 0 saturated heterocycles. The third kappa shape index (κ3) is 5.30. The molecule has 0 aromatic heterocycles. The molecule has 0 atom stereocenters. The fourth-order valence-corrected chi connectivity index (χ4v) is 2.28. The number of amides is 1. The maximum Gasteiger partial charge on any atom is 0.277 e. The lowest BCUT2D eigenvalue weighted by Crippen LogP contribution is -2.24. The molecule has 5 nitrogen and oxygen atoms in total. The van der Waals surface area contributed by atoms with Crippen LogP contribution in [0.5, 0.6) is 11.5 Å². The molecule has 2 rings (SSSR count). The summed E-state index contributed by atoms with van der Waals surface area (Å²) in [5.41, 5.74) is 3.13. The van der Waals surface area contributed by atoms with Crippen molar-refractivity contribution in [3.05, 3.63) is 57.0 Å². The summed E-state index contributed by atoms with van der Waals surface area (Å²) in [5.74, 6) is 0.511. The SMILES string of the molecule is COc1cccc(C=NNC(=O)COc2cc(Cl)c(Cl)cc2Cl)c1. The van der Waals surface area contributed by atoms with E-state index in [-0.39, 0.29) is 22.4 Å². The highest BCUT2D eigenvalue weighted by molar-refractivity contribution is 6.43. The lowest BCUT2D eigenvalue weighted by Gasteiger charge is -2.08. The average molecular weight is 388 g/mol. The van der Waals surface area contributed by atoms with Gasteiger partial charge in [-0.15, -0.1) is 0 Å². The Morgan fingerprint density at radius 3 is 2.67 bits per heavy atom. The lowest BCUT2D eigenvalue weighted by molar-refractivity contribution is -0.123. The standard InChI is InChI=1S/C16H13Cl3N2O3/c1-23-11-4-2-3-10(5-11)8-20-21-16(22)9-24-15-7-13(18)12(17)6-14(15)19/h2-8H,9H2,1H3,(H,21,22). The van der Waals surface area contributed by atoms with E-state index in [1.807, 2.05) is 18.2 Å². The van der Waals surface area contributed by atoms with Gasteiger partial charge < -0.3 is 9.47 Å². The van der Waals surface area contributed by atoms with E-state index in [9.17, 15) is 4.79 Å². The Balaban J connectivity index is 1.87. The number of hydrogen-bond donors (Lipinski definition) is 1. The molecule has 126 valence electrons. The predicted octanol–water partition coefficient (Wildman–Crippen LogP) is 4.18. The Kier molecular flexibility index (Phi) is 6.73. The largest absolute Gasteiger partial charge is 0.497 e. The maximum absolute atomic E-state index is 11.7. The summed E-state index contributed by atoms with van der Waals surface area (Å²) >= 11 is 17.6. The minimum Gasteiger partial charge on any atom is -0.497 e. The van der Waals surface area contributed by atoms with Gasteiger partial charge >= 0.3 is 0 Å². The molecule has 0 saturated carbocycles. The zero-order chi connectivity index (χ0) is 17.5. The van der Waals surface area contributed by atoms with Crippen LogP contribution < -0.4 is 14.9 Å². The number of carbonyl (C=O) groups is 1. The van der Waals surface area contributed by atoms with Gasteiger partial charge in [-0.25, -0.2) is 5.43 Å². The van der Waals surface area contributed by atoms with Crippen LogP contribution in [0.1, 0.15) is 5.56 Å². The zero-order valence-corrected chi connectivity index (χ0v) is 14.8. The van der Waals surface area contributed by atoms with Crippen molar-refractivity contribution < 1.29 is 14.3 Å². The number of hydrogen-bond acceptors (Lipinski definition) is 4. The van der Waals surface area contributed by atoms with Gasteiger partial charge in [-0.3, -0.25) is 4.79 Å². The van der Waals surface area contributed by atoms with Crippen LogP contribution in [0.3, 0.4) is 0 Å². The second-order valence-electron chi connectivity index (χ2n) is 4.56. The molecule has 0 radical (unpaired) electrons. The summed E-state index contributed by atoms with van der Waals surface area (Å²) in [5, 5.41) is 4.70. The quantitative estimate of drug-likeness (QED) is 0.459. The lowest BCUT2D eigenvalue weighted by atomic mass is 10.2. The number of methoxy groups -OCH3 is 1. The normalized spacial score (nSPS) is 10.7. The number of halogens is 3. The number of rotatable bonds is 6. The molecule has 8 heteroatoms. The fraction of sp³-hybridized carbons (Fsp3) is 0.125. The van der Waals surface area contributed by atoms with Crippen molar-refractivity contribution in [1.29, 1.82) is 0 Å². The van der Waals surface area contributed by atoms with Crippen LogP contribution in [0.15, 0.2) is 41.5 Å². The van der Waals surface area contributed by atoms with Crippen molar-refractivity contribution in [2.75, 3.05) is 13.7 Å². The third-order valence-corrected chi connectivity index (χ3v) is 3.85. The minimum atomic E-state index is -0.448. The van der Waals surface area contributed by atoms with E-state index in [0.717, 1.165) is 5.56 Å². The molecule has 0 aliphatic heterocycles. The molecule has 0 bridgehead atoms. The van der Waals surface area contributed by atoms with Gasteiger partial charge in [0.05, 0.1) is 28.4 Å². The number of nitrogens with zero attached hydrogens (tertiary/aromatic N) is 1. The number of carbonyl (C=O) groups excluding carboxylic acids is 1. The Bertz CT molecular complexity index is 766. The molecule has 0 aliphatic carbocycles. The first kappa shape index (κ1) is 18.4. The molecule has 0 spiro atoms. The molecule has 1 amide bonds. The van der Waals surface area contributed by atoms with Crippen LogP contribution in [-0.4, -0.2) is 25.8 Å². The van der Waals surface area contributed by atoms with Crippen LogP contribution in [0.25, 0.3) is 0 Å². The minimum absolute atomic E-state index is 0.261. The number of nitrogens with one attached hydrogen (secondary N) is 1. The van der Waals surface area contributed by atoms with Gasteiger partial charge in [-0.1, -0.05) is 46.9 Å². The molecule has 2 aromatic rings. The molecule has 24 heavy (non-hydrogen) atoms. The fourth-order valence-electron chi connectivity index (χ4n) is 1.69. The van der Waals surface area contributed by atoms with Crippen LogP contribution in [0, 0.1) is 0 Å². The average Bonchev–Trinajstić information content (AvgIpc) is 2.57. The Morgan fingerprint density at radius 2 is 1.92 bits per heavy atom. The molecular formula is C16H13Cl3N2O3. The summed E-state index contributed by atoms with van der Waals surface area (Å²) in [7, 11) is 1.57. The van der Waals surface area contributed by atoms with Crippen LogP contribution in [0.4, 0.5) is 0 Å². The number of hydrazone groups is 1.